The molecule has 0 aliphatic rings. The van der Waals surface area contributed by atoms with Crippen LogP contribution in [0.5, 0.6) is 5.75 Å². The third kappa shape index (κ3) is 5.96. The summed E-state index contributed by atoms with van der Waals surface area (Å²) in [5, 5.41) is 4.62. The molecule has 1 N–H and O–H groups in total. The Kier molecular flexibility index (Phi) is 6.38. The molecule has 0 aliphatic carbocycles. The van der Waals surface area contributed by atoms with E-state index in [4.69, 9.17) is 9.47 Å². The molecule has 2 aromatic rings. The van der Waals surface area contributed by atoms with Crippen molar-refractivity contribution in [3.8, 4) is 5.75 Å². The van der Waals surface area contributed by atoms with E-state index in [-0.39, 0.29) is 12.5 Å². The Morgan fingerprint density at radius 3 is 2.87 bits per heavy atom. The highest BCUT2D eigenvalue weighted by Crippen LogP contribution is 2.13. The number of benzene rings is 1. The minimum absolute atomic E-state index is 0.299. The summed E-state index contributed by atoms with van der Waals surface area (Å²) in [6.45, 7) is 0.139. The minimum atomic E-state index is -0.570. The molecule has 0 spiro atoms. The van der Waals surface area contributed by atoms with Crippen molar-refractivity contribution in [1.29, 1.82) is 0 Å². The minimum Gasteiger partial charge on any atom is -0.497 e. The SMILES string of the molecule is COc1cccc(/C=C/C(=O)OCC(=O)NCc2cccs2)c1. The van der Waals surface area contributed by atoms with Crippen LogP contribution in [0.25, 0.3) is 6.08 Å². The van der Waals surface area contributed by atoms with Crippen LogP contribution in [-0.2, 0) is 20.9 Å². The number of amides is 1. The number of nitrogens with one attached hydrogen (secondary N) is 1. The van der Waals surface area contributed by atoms with E-state index >= 15 is 0 Å². The number of methoxy groups -OCH3 is 1. The first-order valence-corrected chi connectivity index (χ1v) is 7.83. The molecule has 1 aromatic heterocycles. The van der Waals surface area contributed by atoms with E-state index in [1.54, 1.807) is 30.6 Å². The Labute approximate surface area is 138 Å². The topological polar surface area (TPSA) is 64.6 Å². The van der Waals surface area contributed by atoms with Crippen molar-refractivity contribution in [3.63, 3.8) is 0 Å². The molecule has 0 saturated carbocycles. The van der Waals surface area contributed by atoms with E-state index in [0.29, 0.717) is 12.3 Å². The van der Waals surface area contributed by atoms with Gasteiger partial charge in [0.05, 0.1) is 13.7 Å². The summed E-state index contributed by atoms with van der Waals surface area (Å²) >= 11 is 1.55. The maximum Gasteiger partial charge on any atom is 0.331 e. The van der Waals surface area contributed by atoms with Crippen LogP contribution in [0, 0.1) is 0 Å². The summed E-state index contributed by atoms with van der Waals surface area (Å²) in [6.07, 6.45) is 2.88. The van der Waals surface area contributed by atoms with Gasteiger partial charge in [0.1, 0.15) is 5.75 Å². The molecule has 23 heavy (non-hydrogen) atoms. The number of carbonyl (C=O) groups is 2. The Bertz CT molecular complexity index is 680. The van der Waals surface area contributed by atoms with Crippen LogP contribution in [0.4, 0.5) is 0 Å². The van der Waals surface area contributed by atoms with Gasteiger partial charge in [-0.1, -0.05) is 18.2 Å². The zero-order valence-corrected chi connectivity index (χ0v) is 13.5. The second kappa shape index (κ2) is 8.75. The molecule has 0 bridgehead atoms. The summed E-state index contributed by atoms with van der Waals surface area (Å²) in [6, 6.07) is 11.1. The lowest BCUT2D eigenvalue weighted by Crippen LogP contribution is -2.27. The van der Waals surface area contributed by atoms with E-state index in [9.17, 15) is 9.59 Å². The standard InChI is InChI=1S/C17H17NO4S/c1-21-14-5-2-4-13(10-14)7-8-17(20)22-12-16(19)18-11-15-6-3-9-23-15/h2-10H,11-12H2,1H3,(H,18,19)/b8-7+. The fraction of sp³-hybridized carbons (Fsp3) is 0.176. The molecule has 5 nitrogen and oxygen atoms in total. The largest absolute Gasteiger partial charge is 0.497 e. The van der Waals surface area contributed by atoms with Gasteiger partial charge in [-0.2, -0.15) is 0 Å². The van der Waals surface area contributed by atoms with Gasteiger partial charge in [0.15, 0.2) is 6.61 Å². The van der Waals surface area contributed by atoms with Crippen molar-refractivity contribution in [3.05, 3.63) is 58.3 Å². The summed E-state index contributed by atoms with van der Waals surface area (Å²) in [5.41, 5.74) is 0.809. The average Bonchev–Trinajstić information content (AvgIpc) is 3.10. The van der Waals surface area contributed by atoms with E-state index in [1.807, 2.05) is 35.7 Å². The van der Waals surface area contributed by atoms with Gasteiger partial charge in [0.2, 0.25) is 0 Å². The highest BCUT2D eigenvalue weighted by molar-refractivity contribution is 7.09. The van der Waals surface area contributed by atoms with Gasteiger partial charge in [-0.25, -0.2) is 4.79 Å². The summed E-state index contributed by atoms with van der Waals surface area (Å²) in [7, 11) is 1.58. The van der Waals surface area contributed by atoms with E-state index < -0.39 is 5.97 Å². The van der Waals surface area contributed by atoms with Gasteiger partial charge in [-0.3, -0.25) is 4.79 Å². The normalized spacial score (nSPS) is 10.5. The molecule has 1 aromatic carbocycles. The zero-order valence-electron chi connectivity index (χ0n) is 12.7. The molecule has 6 heteroatoms. The first kappa shape index (κ1) is 16.8. The van der Waals surface area contributed by atoms with Crippen molar-refractivity contribution in [2.75, 3.05) is 13.7 Å². The predicted octanol–water partition coefficient (Wildman–Crippen LogP) is 2.63. The molecule has 0 aliphatic heterocycles. The fourth-order valence-corrected chi connectivity index (χ4v) is 2.39. The second-order valence-electron chi connectivity index (χ2n) is 4.57. The third-order valence-electron chi connectivity index (χ3n) is 2.89. The van der Waals surface area contributed by atoms with Crippen LogP contribution in [0.2, 0.25) is 0 Å². The van der Waals surface area contributed by atoms with Crippen LogP contribution in [0.3, 0.4) is 0 Å². The quantitative estimate of drug-likeness (QED) is 0.626. The number of rotatable bonds is 7. The average molecular weight is 331 g/mol. The summed E-state index contributed by atoms with van der Waals surface area (Å²) in [5.74, 6) is -0.200. The van der Waals surface area contributed by atoms with Gasteiger partial charge in [0.25, 0.3) is 5.91 Å². The van der Waals surface area contributed by atoms with Gasteiger partial charge < -0.3 is 14.8 Å². The van der Waals surface area contributed by atoms with Crippen LogP contribution in [-0.4, -0.2) is 25.6 Å². The first-order chi connectivity index (χ1) is 11.2. The third-order valence-corrected chi connectivity index (χ3v) is 3.77. The van der Waals surface area contributed by atoms with Gasteiger partial charge in [-0.15, -0.1) is 11.3 Å². The van der Waals surface area contributed by atoms with Crippen LogP contribution in [0.1, 0.15) is 10.4 Å². The van der Waals surface area contributed by atoms with E-state index in [1.165, 1.54) is 6.08 Å². The molecule has 1 heterocycles. The number of esters is 1. The summed E-state index contributed by atoms with van der Waals surface area (Å²) in [4.78, 5) is 24.2. The predicted molar refractivity (Wildman–Crippen MR) is 89.2 cm³/mol. The number of ether oxygens (including phenoxy) is 2. The molecule has 0 unspecified atom stereocenters. The molecule has 0 saturated heterocycles. The second-order valence-corrected chi connectivity index (χ2v) is 5.61. The zero-order chi connectivity index (χ0) is 16.5. The number of hydrogen-bond acceptors (Lipinski definition) is 5. The highest BCUT2D eigenvalue weighted by Gasteiger charge is 2.05. The van der Waals surface area contributed by atoms with Crippen molar-refractivity contribution < 1.29 is 19.1 Å². The molecule has 120 valence electrons. The number of carbonyl (C=O) groups excluding carboxylic acids is 2. The van der Waals surface area contributed by atoms with Crippen molar-refractivity contribution in [2.45, 2.75) is 6.54 Å². The van der Waals surface area contributed by atoms with Crippen molar-refractivity contribution >= 4 is 29.3 Å². The first-order valence-electron chi connectivity index (χ1n) is 6.95. The Morgan fingerprint density at radius 2 is 2.13 bits per heavy atom. The monoisotopic (exact) mass is 331 g/mol. The van der Waals surface area contributed by atoms with Crippen LogP contribution in [0.15, 0.2) is 47.9 Å². The van der Waals surface area contributed by atoms with Gasteiger partial charge in [-0.05, 0) is 35.2 Å². The number of thiophene rings is 1. The van der Waals surface area contributed by atoms with Crippen LogP contribution < -0.4 is 10.1 Å². The summed E-state index contributed by atoms with van der Waals surface area (Å²) < 4.78 is 9.98. The Morgan fingerprint density at radius 1 is 1.26 bits per heavy atom. The van der Waals surface area contributed by atoms with E-state index in [0.717, 1.165) is 10.4 Å². The molecule has 0 fully saturated rings. The van der Waals surface area contributed by atoms with Gasteiger partial charge >= 0.3 is 5.97 Å². The van der Waals surface area contributed by atoms with Crippen LogP contribution >= 0.6 is 11.3 Å². The molecular weight excluding hydrogens is 314 g/mol. The molecule has 0 radical (unpaired) electrons. The number of hydrogen-bond donors (Lipinski definition) is 1. The lowest BCUT2D eigenvalue weighted by molar-refractivity contribution is -0.143. The molecule has 0 atom stereocenters. The lowest BCUT2D eigenvalue weighted by Gasteiger charge is -2.04. The molecular formula is C17H17NO4S. The van der Waals surface area contributed by atoms with Gasteiger partial charge in [0, 0.05) is 11.0 Å². The highest BCUT2D eigenvalue weighted by atomic mass is 32.1. The molecule has 1 amide bonds. The van der Waals surface area contributed by atoms with E-state index in [2.05, 4.69) is 5.32 Å². The maximum atomic E-state index is 11.6. The smallest absolute Gasteiger partial charge is 0.331 e. The van der Waals surface area contributed by atoms with Crippen molar-refractivity contribution in [2.24, 2.45) is 0 Å². The molecule has 2 rings (SSSR count). The Hall–Kier alpha value is -2.60. The Balaban J connectivity index is 1.73. The fourth-order valence-electron chi connectivity index (χ4n) is 1.74. The van der Waals surface area contributed by atoms with Crippen molar-refractivity contribution in [1.82, 2.24) is 5.32 Å². The lowest BCUT2D eigenvalue weighted by atomic mass is 10.2. The maximum absolute atomic E-state index is 11.6.